The minimum Gasteiger partial charge on any atom is -0.504 e. The summed E-state index contributed by atoms with van der Waals surface area (Å²) in [5, 5.41) is 9.50. The van der Waals surface area contributed by atoms with Gasteiger partial charge < -0.3 is 14.3 Å². The Bertz CT molecular complexity index is 679. The molecule has 2 rings (SSSR count). The van der Waals surface area contributed by atoms with E-state index in [0.717, 1.165) is 11.3 Å². The second-order valence-corrected chi connectivity index (χ2v) is 4.49. The molecule has 108 valence electrons. The second kappa shape index (κ2) is 6.61. The van der Waals surface area contributed by atoms with Crippen LogP contribution < -0.4 is 4.74 Å². The van der Waals surface area contributed by atoms with E-state index in [2.05, 4.69) is 0 Å². The molecule has 0 bridgehead atoms. The number of hydrogen-bond acceptors (Lipinski definition) is 4. The summed E-state index contributed by atoms with van der Waals surface area (Å²) >= 11 is 0. The highest BCUT2D eigenvalue weighted by Crippen LogP contribution is 2.26. The Labute approximate surface area is 123 Å². The van der Waals surface area contributed by atoms with Crippen molar-refractivity contribution in [2.24, 2.45) is 0 Å². The molecule has 2 aromatic rings. The molecular weight excluding hydrogens is 268 g/mol. The number of ether oxygens (including phenoxy) is 1. The summed E-state index contributed by atoms with van der Waals surface area (Å²) in [7, 11) is 1.44. The SMILES string of the molecule is COc1cc(C(=O)/C=C/C(C)=C/c2ccco2)ccc1O. The monoisotopic (exact) mass is 284 g/mol. The number of hydrogen-bond donors (Lipinski definition) is 1. The molecule has 0 saturated carbocycles. The van der Waals surface area contributed by atoms with Crippen molar-refractivity contribution in [3.8, 4) is 11.5 Å². The Balaban J connectivity index is 2.12. The molecule has 0 atom stereocenters. The van der Waals surface area contributed by atoms with Gasteiger partial charge >= 0.3 is 0 Å². The zero-order valence-electron chi connectivity index (χ0n) is 11.9. The molecule has 0 aliphatic rings. The van der Waals surface area contributed by atoms with Crippen molar-refractivity contribution in [1.82, 2.24) is 0 Å². The molecule has 0 amide bonds. The van der Waals surface area contributed by atoms with Crippen molar-refractivity contribution in [1.29, 1.82) is 0 Å². The highest BCUT2D eigenvalue weighted by atomic mass is 16.5. The maximum Gasteiger partial charge on any atom is 0.185 e. The summed E-state index contributed by atoms with van der Waals surface area (Å²) in [6.07, 6.45) is 6.61. The number of carbonyl (C=O) groups is 1. The van der Waals surface area contributed by atoms with Gasteiger partial charge in [0.2, 0.25) is 0 Å². The number of allylic oxidation sites excluding steroid dienone is 3. The van der Waals surface area contributed by atoms with Gasteiger partial charge in [-0.25, -0.2) is 0 Å². The van der Waals surface area contributed by atoms with E-state index in [0.29, 0.717) is 5.56 Å². The maximum atomic E-state index is 12.1. The molecule has 4 nitrogen and oxygen atoms in total. The normalized spacial score (nSPS) is 11.8. The van der Waals surface area contributed by atoms with Crippen LogP contribution in [0.2, 0.25) is 0 Å². The van der Waals surface area contributed by atoms with Crippen LogP contribution in [-0.2, 0) is 0 Å². The minimum absolute atomic E-state index is 0.00641. The van der Waals surface area contributed by atoms with Gasteiger partial charge in [0.1, 0.15) is 5.76 Å². The van der Waals surface area contributed by atoms with Gasteiger partial charge in [-0.05, 0) is 55.0 Å². The Morgan fingerprint density at radius 3 is 2.76 bits per heavy atom. The number of furan rings is 1. The van der Waals surface area contributed by atoms with E-state index in [1.54, 1.807) is 24.5 Å². The molecule has 1 heterocycles. The lowest BCUT2D eigenvalue weighted by Gasteiger charge is -2.04. The molecule has 0 aliphatic heterocycles. The largest absolute Gasteiger partial charge is 0.504 e. The third-order valence-electron chi connectivity index (χ3n) is 2.87. The summed E-state index contributed by atoms with van der Waals surface area (Å²) in [5.41, 5.74) is 1.34. The molecule has 4 heteroatoms. The molecule has 1 aromatic heterocycles. The number of rotatable bonds is 5. The van der Waals surface area contributed by atoms with Crippen LogP contribution in [0.25, 0.3) is 6.08 Å². The fourth-order valence-electron chi connectivity index (χ4n) is 1.78. The Morgan fingerprint density at radius 1 is 1.29 bits per heavy atom. The average molecular weight is 284 g/mol. The molecular formula is C17H16O4. The molecule has 0 fully saturated rings. The summed E-state index contributed by atoms with van der Waals surface area (Å²) < 4.78 is 10.2. The number of carbonyl (C=O) groups excluding carboxylic acids is 1. The van der Waals surface area contributed by atoms with Crippen molar-refractivity contribution >= 4 is 11.9 Å². The number of ketones is 1. The molecule has 1 N–H and O–H groups in total. The molecule has 0 aliphatic carbocycles. The van der Waals surface area contributed by atoms with E-state index in [1.807, 2.05) is 19.1 Å². The van der Waals surface area contributed by atoms with E-state index in [9.17, 15) is 9.90 Å². The van der Waals surface area contributed by atoms with Crippen LogP contribution in [0.15, 0.2) is 58.7 Å². The van der Waals surface area contributed by atoms with E-state index in [-0.39, 0.29) is 17.3 Å². The first-order chi connectivity index (χ1) is 10.1. The first kappa shape index (κ1) is 14.7. The summed E-state index contributed by atoms with van der Waals surface area (Å²) in [6, 6.07) is 8.13. The van der Waals surface area contributed by atoms with E-state index < -0.39 is 0 Å². The standard InChI is InChI=1S/C17H16O4/c1-12(10-14-4-3-9-21-14)5-7-15(18)13-6-8-16(19)17(11-13)20-2/h3-11,19H,1-2H3/b7-5+,12-10+. The highest BCUT2D eigenvalue weighted by Gasteiger charge is 2.07. The zero-order chi connectivity index (χ0) is 15.2. The summed E-state index contributed by atoms with van der Waals surface area (Å²) in [6.45, 7) is 1.88. The quantitative estimate of drug-likeness (QED) is 0.515. The van der Waals surface area contributed by atoms with Gasteiger partial charge in [0, 0.05) is 5.56 Å². The number of methoxy groups -OCH3 is 1. The fraction of sp³-hybridized carbons (Fsp3) is 0.118. The Kier molecular flexibility index (Phi) is 4.61. The van der Waals surface area contributed by atoms with Gasteiger partial charge in [-0.2, -0.15) is 0 Å². The van der Waals surface area contributed by atoms with Crippen LogP contribution in [0, 0.1) is 0 Å². The predicted octanol–water partition coefficient (Wildman–Crippen LogP) is 3.84. The van der Waals surface area contributed by atoms with Gasteiger partial charge in [-0.3, -0.25) is 4.79 Å². The van der Waals surface area contributed by atoms with Gasteiger partial charge in [-0.1, -0.05) is 6.08 Å². The zero-order valence-corrected chi connectivity index (χ0v) is 11.9. The van der Waals surface area contributed by atoms with Crippen LogP contribution in [0.4, 0.5) is 0 Å². The van der Waals surface area contributed by atoms with E-state index >= 15 is 0 Å². The third kappa shape index (κ3) is 3.86. The smallest absolute Gasteiger partial charge is 0.185 e. The minimum atomic E-state index is -0.166. The Hall–Kier alpha value is -2.75. The van der Waals surface area contributed by atoms with Gasteiger partial charge in [-0.15, -0.1) is 0 Å². The van der Waals surface area contributed by atoms with Gasteiger partial charge in [0.25, 0.3) is 0 Å². The summed E-state index contributed by atoms with van der Waals surface area (Å²) in [4.78, 5) is 12.1. The fourth-order valence-corrected chi connectivity index (χ4v) is 1.78. The lowest BCUT2D eigenvalue weighted by molar-refractivity contribution is 0.104. The first-order valence-corrected chi connectivity index (χ1v) is 6.41. The lowest BCUT2D eigenvalue weighted by Crippen LogP contribution is -1.95. The van der Waals surface area contributed by atoms with Crippen LogP contribution >= 0.6 is 0 Å². The maximum absolute atomic E-state index is 12.1. The molecule has 0 saturated heterocycles. The third-order valence-corrected chi connectivity index (χ3v) is 2.87. The topological polar surface area (TPSA) is 59.7 Å². The van der Waals surface area contributed by atoms with Gasteiger partial charge in [0.05, 0.1) is 13.4 Å². The molecule has 0 radical (unpaired) electrons. The van der Waals surface area contributed by atoms with Crippen molar-refractivity contribution in [3.63, 3.8) is 0 Å². The molecule has 1 aromatic carbocycles. The van der Waals surface area contributed by atoms with E-state index in [4.69, 9.17) is 9.15 Å². The van der Waals surface area contributed by atoms with Crippen LogP contribution in [0.5, 0.6) is 11.5 Å². The van der Waals surface area contributed by atoms with Crippen molar-refractivity contribution in [3.05, 3.63) is 65.6 Å². The number of aromatic hydroxyl groups is 1. The molecule has 0 unspecified atom stereocenters. The van der Waals surface area contributed by atoms with Crippen molar-refractivity contribution < 1.29 is 19.1 Å². The molecule has 21 heavy (non-hydrogen) atoms. The van der Waals surface area contributed by atoms with Crippen molar-refractivity contribution in [2.45, 2.75) is 6.92 Å². The number of phenols is 1. The van der Waals surface area contributed by atoms with Crippen molar-refractivity contribution in [2.75, 3.05) is 7.11 Å². The van der Waals surface area contributed by atoms with Crippen LogP contribution in [-0.4, -0.2) is 18.0 Å². The van der Waals surface area contributed by atoms with Crippen LogP contribution in [0.3, 0.4) is 0 Å². The second-order valence-electron chi connectivity index (χ2n) is 4.49. The lowest BCUT2D eigenvalue weighted by atomic mass is 10.1. The molecule has 0 spiro atoms. The number of phenolic OH excluding ortho intramolecular Hbond substituents is 1. The van der Waals surface area contributed by atoms with E-state index in [1.165, 1.54) is 25.3 Å². The van der Waals surface area contributed by atoms with Gasteiger partial charge in [0.15, 0.2) is 17.3 Å². The average Bonchev–Trinajstić information content (AvgIpc) is 2.98. The Morgan fingerprint density at radius 2 is 2.10 bits per heavy atom. The van der Waals surface area contributed by atoms with Crippen LogP contribution in [0.1, 0.15) is 23.0 Å². The highest BCUT2D eigenvalue weighted by molar-refractivity contribution is 6.05. The predicted molar refractivity (Wildman–Crippen MR) is 80.5 cm³/mol. The number of benzene rings is 1. The first-order valence-electron chi connectivity index (χ1n) is 6.41. The summed E-state index contributed by atoms with van der Waals surface area (Å²) in [5.74, 6) is 0.848.